The molecule has 1 N–H and O–H groups in total. The Morgan fingerprint density at radius 2 is 1.87 bits per heavy atom. The van der Waals surface area contributed by atoms with Crippen molar-refractivity contribution in [1.29, 1.82) is 0 Å². The molecule has 0 bridgehead atoms. The van der Waals surface area contributed by atoms with E-state index in [1.165, 1.54) is 10.5 Å². The number of carbonyl (C=O) groups is 1. The fourth-order valence-corrected chi connectivity index (χ4v) is 3.29. The van der Waals surface area contributed by atoms with Gasteiger partial charge in [0.25, 0.3) is 11.5 Å². The molecule has 4 rings (SSSR count). The van der Waals surface area contributed by atoms with Gasteiger partial charge in [-0.25, -0.2) is 4.98 Å². The monoisotopic (exact) mass is 463 g/mol. The van der Waals surface area contributed by atoms with Crippen LogP contribution in [0, 0.1) is 6.92 Å². The molecule has 1 amide bonds. The number of pyridine rings is 1. The van der Waals surface area contributed by atoms with Crippen LogP contribution in [0.4, 0.5) is 5.69 Å². The second kappa shape index (κ2) is 8.51. The minimum Gasteiger partial charge on any atom is -0.485 e. The molecule has 0 radical (unpaired) electrons. The predicted octanol–water partition coefficient (Wildman–Crippen LogP) is 4.60. The Hall–Kier alpha value is -3.45. The molecule has 0 aliphatic carbocycles. The van der Waals surface area contributed by atoms with Gasteiger partial charge in [0.1, 0.15) is 18.0 Å². The molecule has 0 fully saturated rings. The van der Waals surface area contributed by atoms with Gasteiger partial charge >= 0.3 is 0 Å². The molecule has 2 aromatic carbocycles. The summed E-state index contributed by atoms with van der Waals surface area (Å²) in [5, 5.41) is 2.87. The van der Waals surface area contributed by atoms with E-state index in [4.69, 9.17) is 4.74 Å². The third kappa shape index (κ3) is 4.26. The van der Waals surface area contributed by atoms with Crippen molar-refractivity contribution in [1.82, 2.24) is 9.38 Å². The van der Waals surface area contributed by atoms with Gasteiger partial charge in [-0.2, -0.15) is 0 Å². The number of nitrogens with zero attached hydrogens (tertiary/aromatic N) is 2. The van der Waals surface area contributed by atoms with Gasteiger partial charge in [0.2, 0.25) is 0 Å². The lowest BCUT2D eigenvalue weighted by Crippen LogP contribution is -2.17. The maximum atomic E-state index is 12.5. The average molecular weight is 464 g/mol. The van der Waals surface area contributed by atoms with Crippen molar-refractivity contribution in [2.45, 2.75) is 13.5 Å². The molecule has 0 saturated carbocycles. The molecule has 4 aromatic rings. The van der Waals surface area contributed by atoms with Crippen molar-refractivity contribution in [3.63, 3.8) is 0 Å². The first-order valence-corrected chi connectivity index (χ1v) is 10.1. The van der Waals surface area contributed by atoms with Crippen LogP contribution in [0.5, 0.6) is 5.75 Å². The van der Waals surface area contributed by atoms with Gasteiger partial charge in [-0.1, -0.05) is 34.1 Å². The van der Waals surface area contributed by atoms with Crippen molar-refractivity contribution in [3.8, 4) is 5.75 Å². The molecule has 0 aliphatic rings. The van der Waals surface area contributed by atoms with Crippen molar-refractivity contribution >= 4 is 33.2 Å². The van der Waals surface area contributed by atoms with Gasteiger partial charge in [-0.05, 0) is 55.0 Å². The number of aryl methyl sites for hydroxylation is 1. The number of para-hydroxylation sites is 2. The van der Waals surface area contributed by atoms with E-state index >= 15 is 0 Å². The van der Waals surface area contributed by atoms with E-state index in [1.54, 1.807) is 30.5 Å². The number of anilines is 1. The molecule has 2 heterocycles. The van der Waals surface area contributed by atoms with Crippen LogP contribution >= 0.6 is 15.9 Å². The highest BCUT2D eigenvalue weighted by molar-refractivity contribution is 9.10. The Balaban J connectivity index is 1.54. The number of hydrogen-bond donors (Lipinski definition) is 1. The van der Waals surface area contributed by atoms with Crippen LogP contribution in [0.1, 0.15) is 21.6 Å². The van der Waals surface area contributed by atoms with Gasteiger partial charge in [0, 0.05) is 22.3 Å². The quantitative estimate of drug-likeness (QED) is 0.469. The van der Waals surface area contributed by atoms with E-state index in [0.29, 0.717) is 28.3 Å². The fourth-order valence-electron chi connectivity index (χ4n) is 3.03. The SMILES string of the molecule is Cc1cccn2c(=O)cc(COc3ccccc3NC(=O)c3ccc(Br)cc3)nc12. The molecular weight excluding hydrogens is 446 g/mol. The standard InChI is InChI=1S/C23H18BrN3O3/c1-15-5-4-12-27-21(28)13-18(25-22(15)27)14-30-20-7-3-2-6-19(20)26-23(29)16-8-10-17(24)11-9-16/h2-13H,14H2,1H3,(H,26,29). The predicted molar refractivity (Wildman–Crippen MR) is 119 cm³/mol. The van der Waals surface area contributed by atoms with Crippen LogP contribution in [-0.4, -0.2) is 15.3 Å². The van der Waals surface area contributed by atoms with Crippen LogP contribution in [0.2, 0.25) is 0 Å². The Bertz CT molecular complexity index is 1280. The van der Waals surface area contributed by atoms with E-state index in [9.17, 15) is 9.59 Å². The Labute approximate surface area is 181 Å². The van der Waals surface area contributed by atoms with Gasteiger partial charge in [-0.15, -0.1) is 0 Å². The summed E-state index contributed by atoms with van der Waals surface area (Å²) in [6.45, 7) is 2.00. The lowest BCUT2D eigenvalue weighted by atomic mass is 10.2. The summed E-state index contributed by atoms with van der Waals surface area (Å²) in [7, 11) is 0. The molecule has 30 heavy (non-hydrogen) atoms. The lowest BCUT2D eigenvalue weighted by molar-refractivity contribution is 0.102. The van der Waals surface area contributed by atoms with Crippen LogP contribution in [0.3, 0.4) is 0 Å². The van der Waals surface area contributed by atoms with Crippen molar-refractivity contribution in [2.24, 2.45) is 0 Å². The zero-order valence-corrected chi connectivity index (χ0v) is 17.7. The van der Waals surface area contributed by atoms with Gasteiger partial charge in [0.05, 0.1) is 11.4 Å². The maximum Gasteiger partial charge on any atom is 0.258 e. The minimum atomic E-state index is -0.240. The number of benzene rings is 2. The van der Waals surface area contributed by atoms with E-state index in [0.717, 1.165) is 10.0 Å². The highest BCUT2D eigenvalue weighted by Gasteiger charge is 2.11. The number of nitrogens with one attached hydrogen (secondary N) is 1. The third-order valence-corrected chi connectivity index (χ3v) is 5.09. The van der Waals surface area contributed by atoms with Crippen LogP contribution in [0.15, 0.2) is 82.2 Å². The Morgan fingerprint density at radius 1 is 1.10 bits per heavy atom. The van der Waals surface area contributed by atoms with E-state index in [-0.39, 0.29) is 18.1 Å². The third-order valence-electron chi connectivity index (χ3n) is 4.56. The number of halogens is 1. The molecule has 0 saturated heterocycles. The maximum absolute atomic E-state index is 12.5. The van der Waals surface area contributed by atoms with E-state index in [2.05, 4.69) is 26.2 Å². The normalized spacial score (nSPS) is 10.7. The van der Waals surface area contributed by atoms with Crippen LogP contribution < -0.4 is 15.6 Å². The smallest absolute Gasteiger partial charge is 0.258 e. The van der Waals surface area contributed by atoms with Gasteiger partial charge < -0.3 is 10.1 Å². The topological polar surface area (TPSA) is 72.7 Å². The second-order valence-corrected chi connectivity index (χ2v) is 7.63. The number of rotatable bonds is 5. The zero-order valence-electron chi connectivity index (χ0n) is 16.1. The molecular formula is C23H18BrN3O3. The summed E-state index contributed by atoms with van der Waals surface area (Å²) < 4.78 is 8.29. The number of carbonyl (C=O) groups excluding carboxylic acids is 1. The number of amides is 1. The summed E-state index contributed by atoms with van der Waals surface area (Å²) in [6.07, 6.45) is 1.69. The highest BCUT2D eigenvalue weighted by Crippen LogP contribution is 2.25. The van der Waals surface area contributed by atoms with Crippen molar-refractivity contribution < 1.29 is 9.53 Å². The van der Waals surface area contributed by atoms with Crippen molar-refractivity contribution in [2.75, 3.05) is 5.32 Å². The molecule has 0 aliphatic heterocycles. The molecule has 0 spiro atoms. The first-order valence-electron chi connectivity index (χ1n) is 9.28. The minimum absolute atomic E-state index is 0.102. The van der Waals surface area contributed by atoms with Gasteiger partial charge in [-0.3, -0.25) is 14.0 Å². The average Bonchev–Trinajstić information content (AvgIpc) is 2.74. The van der Waals surface area contributed by atoms with Crippen LogP contribution in [-0.2, 0) is 6.61 Å². The summed E-state index contributed by atoms with van der Waals surface area (Å²) in [5.74, 6) is 0.256. The largest absolute Gasteiger partial charge is 0.485 e. The molecule has 6 nitrogen and oxygen atoms in total. The van der Waals surface area contributed by atoms with E-state index < -0.39 is 0 Å². The van der Waals surface area contributed by atoms with Crippen molar-refractivity contribution in [3.05, 3.63) is 105 Å². The number of aromatic nitrogens is 2. The second-order valence-electron chi connectivity index (χ2n) is 6.72. The number of hydrogen-bond acceptors (Lipinski definition) is 4. The number of fused-ring (bicyclic) bond motifs is 1. The molecule has 0 unspecified atom stereocenters. The zero-order chi connectivity index (χ0) is 21.1. The summed E-state index contributed by atoms with van der Waals surface area (Å²) in [4.78, 5) is 29.4. The molecule has 2 aromatic heterocycles. The van der Waals surface area contributed by atoms with E-state index in [1.807, 2.05) is 43.3 Å². The first-order chi connectivity index (χ1) is 14.5. The molecule has 150 valence electrons. The summed E-state index contributed by atoms with van der Waals surface area (Å²) in [5.41, 5.74) is 2.92. The Kier molecular flexibility index (Phi) is 5.63. The summed E-state index contributed by atoms with van der Waals surface area (Å²) in [6, 6.07) is 19.4. The number of ether oxygens (including phenoxy) is 1. The molecule has 7 heteroatoms. The fraction of sp³-hybridized carbons (Fsp3) is 0.0870. The first kappa shape index (κ1) is 19.8. The Morgan fingerprint density at radius 3 is 2.67 bits per heavy atom. The van der Waals surface area contributed by atoms with Gasteiger partial charge in [0.15, 0.2) is 0 Å². The molecule has 0 atom stereocenters. The highest BCUT2D eigenvalue weighted by atomic mass is 79.9. The lowest BCUT2D eigenvalue weighted by Gasteiger charge is -2.13. The van der Waals surface area contributed by atoms with Crippen LogP contribution in [0.25, 0.3) is 5.65 Å². The summed E-state index contributed by atoms with van der Waals surface area (Å²) >= 11 is 3.36.